The number of hydrogen-bond acceptors (Lipinski definition) is 7. The summed E-state index contributed by atoms with van der Waals surface area (Å²) in [6, 6.07) is 23.5. The molecule has 2 aromatic heterocycles. The Balaban J connectivity index is 0.000000181. The topological polar surface area (TPSA) is 78.6 Å². The first-order valence-electron chi connectivity index (χ1n) is 9.40. The molecular weight excluding hydrogens is 510 g/mol. The van der Waals surface area contributed by atoms with Crippen LogP contribution in [-0.4, -0.2) is 26.2 Å². The van der Waals surface area contributed by atoms with E-state index in [1.165, 1.54) is 36.9 Å². The maximum atomic E-state index is 11.4. The fourth-order valence-electron chi connectivity index (χ4n) is 2.75. The maximum absolute atomic E-state index is 11.4. The number of nitrogen functional groups attached to an aromatic ring is 1. The largest absolute Gasteiger partial charge is 0.465 e. The van der Waals surface area contributed by atoms with Crippen LogP contribution in [0.4, 0.5) is 5.69 Å². The minimum absolute atomic E-state index is 0.306. The molecule has 4 rings (SSSR count). The van der Waals surface area contributed by atoms with Gasteiger partial charge in [-0.25, -0.2) is 9.59 Å². The molecule has 0 aliphatic carbocycles. The first-order valence-corrected chi connectivity index (χ1v) is 11.8. The molecule has 2 aromatic carbocycles. The Bertz CT molecular complexity index is 1110. The Morgan fingerprint density at radius 1 is 0.750 bits per heavy atom. The Kier molecular flexibility index (Phi) is 8.21. The molecule has 0 atom stereocenters. The van der Waals surface area contributed by atoms with Gasteiger partial charge in [0.15, 0.2) is 0 Å². The lowest BCUT2D eigenvalue weighted by Gasteiger charge is -1.95. The van der Waals surface area contributed by atoms with Gasteiger partial charge >= 0.3 is 11.9 Å². The number of carbonyl (C=O) groups excluding carboxylic acids is 2. The van der Waals surface area contributed by atoms with Crippen LogP contribution < -0.4 is 5.73 Å². The number of anilines is 1. The summed E-state index contributed by atoms with van der Waals surface area (Å²) in [7, 11) is 2.74. The number of thiophene rings is 2. The van der Waals surface area contributed by atoms with Crippen molar-refractivity contribution in [2.24, 2.45) is 0 Å². The number of esters is 2. The van der Waals surface area contributed by atoms with Crippen molar-refractivity contribution in [3.63, 3.8) is 0 Å². The van der Waals surface area contributed by atoms with E-state index < -0.39 is 0 Å². The van der Waals surface area contributed by atoms with Crippen LogP contribution in [0.2, 0.25) is 0 Å². The molecule has 0 saturated carbocycles. The first kappa shape index (κ1) is 23.7. The third-order valence-corrected chi connectivity index (χ3v) is 7.54. The van der Waals surface area contributed by atoms with E-state index in [2.05, 4.69) is 20.7 Å². The number of rotatable bonds is 4. The minimum Gasteiger partial charge on any atom is -0.465 e. The average Bonchev–Trinajstić information content (AvgIpc) is 3.42. The molecule has 0 radical (unpaired) electrons. The van der Waals surface area contributed by atoms with Gasteiger partial charge in [-0.15, -0.1) is 22.7 Å². The smallest absolute Gasteiger partial charge is 0.350 e. The van der Waals surface area contributed by atoms with E-state index in [0.717, 1.165) is 25.4 Å². The van der Waals surface area contributed by atoms with Crippen LogP contribution >= 0.6 is 38.6 Å². The SMILES string of the molecule is COC(=O)c1sc(-c2ccccc2)cc1Br.COC(=O)c1sc(-c2ccccc2)cc1N. The van der Waals surface area contributed by atoms with Crippen LogP contribution in [0.1, 0.15) is 19.3 Å². The molecule has 2 heterocycles. The van der Waals surface area contributed by atoms with Crippen molar-refractivity contribution in [2.45, 2.75) is 0 Å². The highest BCUT2D eigenvalue weighted by Gasteiger charge is 2.16. The Labute approximate surface area is 202 Å². The fraction of sp³-hybridized carbons (Fsp3) is 0.0833. The van der Waals surface area contributed by atoms with Gasteiger partial charge in [0.25, 0.3) is 0 Å². The van der Waals surface area contributed by atoms with Crippen LogP contribution in [0.15, 0.2) is 77.3 Å². The minimum atomic E-state index is -0.385. The third-order valence-electron chi connectivity index (χ3n) is 4.31. The summed E-state index contributed by atoms with van der Waals surface area (Å²) < 4.78 is 10.1. The van der Waals surface area contributed by atoms with E-state index in [4.69, 9.17) is 10.5 Å². The molecule has 0 unspecified atom stereocenters. The Hall–Kier alpha value is -2.94. The molecule has 0 spiro atoms. The molecule has 0 bridgehead atoms. The number of benzene rings is 2. The molecule has 0 aliphatic rings. The van der Waals surface area contributed by atoms with Crippen molar-refractivity contribution in [2.75, 3.05) is 20.0 Å². The van der Waals surface area contributed by atoms with E-state index in [-0.39, 0.29) is 11.9 Å². The number of hydrogen-bond donors (Lipinski definition) is 1. The normalized spacial score (nSPS) is 10.1. The van der Waals surface area contributed by atoms with Crippen LogP contribution in [0.5, 0.6) is 0 Å². The van der Waals surface area contributed by atoms with Gasteiger partial charge in [-0.1, -0.05) is 60.7 Å². The molecule has 164 valence electrons. The van der Waals surface area contributed by atoms with Crippen LogP contribution in [0.25, 0.3) is 20.9 Å². The van der Waals surface area contributed by atoms with Gasteiger partial charge in [-0.05, 0) is 39.2 Å². The summed E-state index contributed by atoms with van der Waals surface area (Å²) in [4.78, 5) is 25.9. The summed E-state index contributed by atoms with van der Waals surface area (Å²) in [5, 5.41) is 0. The number of nitrogens with two attached hydrogens (primary N) is 1. The predicted octanol–water partition coefficient (Wildman–Crippen LogP) is 6.75. The van der Waals surface area contributed by atoms with Gasteiger partial charge < -0.3 is 15.2 Å². The molecule has 4 aromatic rings. The number of methoxy groups -OCH3 is 2. The monoisotopic (exact) mass is 529 g/mol. The summed E-state index contributed by atoms with van der Waals surface area (Å²) in [6.45, 7) is 0. The van der Waals surface area contributed by atoms with Gasteiger partial charge in [-0.3, -0.25) is 0 Å². The predicted molar refractivity (Wildman–Crippen MR) is 134 cm³/mol. The fourth-order valence-corrected chi connectivity index (χ4v) is 5.51. The van der Waals surface area contributed by atoms with Gasteiger partial charge in [-0.2, -0.15) is 0 Å². The lowest BCUT2D eigenvalue weighted by atomic mass is 10.2. The van der Waals surface area contributed by atoms with Crippen molar-refractivity contribution in [3.05, 3.63) is 87.0 Å². The Morgan fingerprint density at radius 2 is 1.19 bits per heavy atom. The zero-order chi connectivity index (χ0) is 23.1. The molecule has 32 heavy (non-hydrogen) atoms. The Morgan fingerprint density at radius 3 is 1.69 bits per heavy atom. The first-order chi connectivity index (χ1) is 15.4. The molecule has 8 heteroatoms. The van der Waals surface area contributed by atoms with Gasteiger partial charge in [0.1, 0.15) is 9.75 Å². The second kappa shape index (κ2) is 11.1. The average molecular weight is 530 g/mol. The van der Waals surface area contributed by atoms with Crippen molar-refractivity contribution >= 4 is 56.2 Å². The quantitative estimate of drug-likeness (QED) is 0.296. The van der Waals surface area contributed by atoms with Crippen LogP contribution in [0, 0.1) is 0 Å². The van der Waals surface area contributed by atoms with Crippen molar-refractivity contribution in [1.82, 2.24) is 0 Å². The highest BCUT2D eigenvalue weighted by molar-refractivity contribution is 9.10. The molecule has 0 fully saturated rings. The highest BCUT2D eigenvalue weighted by Crippen LogP contribution is 2.35. The number of ether oxygens (including phenoxy) is 2. The second-order valence-electron chi connectivity index (χ2n) is 6.40. The molecule has 0 aliphatic heterocycles. The number of carbonyl (C=O) groups is 2. The molecule has 0 amide bonds. The summed E-state index contributed by atoms with van der Waals surface area (Å²) >= 11 is 6.14. The van der Waals surface area contributed by atoms with E-state index in [9.17, 15) is 9.59 Å². The highest BCUT2D eigenvalue weighted by atomic mass is 79.9. The van der Waals surface area contributed by atoms with E-state index >= 15 is 0 Å². The summed E-state index contributed by atoms with van der Waals surface area (Å²) in [5.41, 5.74) is 8.38. The third kappa shape index (κ3) is 5.64. The van der Waals surface area contributed by atoms with Gasteiger partial charge in [0.05, 0.1) is 19.9 Å². The van der Waals surface area contributed by atoms with Crippen molar-refractivity contribution < 1.29 is 19.1 Å². The van der Waals surface area contributed by atoms with E-state index in [0.29, 0.717) is 15.4 Å². The second-order valence-corrected chi connectivity index (χ2v) is 9.36. The molecule has 5 nitrogen and oxygen atoms in total. The lowest BCUT2D eigenvalue weighted by molar-refractivity contribution is 0.0597. The maximum Gasteiger partial charge on any atom is 0.350 e. The molecule has 2 N–H and O–H groups in total. The summed E-state index contributed by atoms with van der Waals surface area (Å²) in [6.07, 6.45) is 0. The van der Waals surface area contributed by atoms with Gasteiger partial charge in [0, 0.05) is 14.2 Å². The van der Waals surface area contributed by atoms with E-state index in [1.807, 2.05) is 66.7 Å². The number of halogens is 1. The molecular formula is C24H20BrNO4S2. The summed E-state index contributed by atoms with van der Waals surface area (Å²) in [5.74, 6) is -0.691. The van der Waals surface area contributed by atoms with Crippen molar-refractivity contribution in [3.8, 4) is 20.9 Å². The lowest BCUT2D eigenvalue weighted by Crippen LogP contribution is -2.00. The zero-order valence-electron chi connectivity index (χ0n) is 17.3. The van der Waals surface area contributed by atoms with E-state index in [1.54, 1.807) is 6.07 Å². The molecule has 0 saturated heterocycles. The van der Waals surface area contributed by atoms with Crippen LogP contribution in [0.3, 0.4) is 0 Å². The van der Waals surface area contributed by atoms with Crippen molar-refractivity contribution in [1.29, 1.82) is 0 Å². The van der Waals surface area contributed by atoms with Gasteiger partial charge in [0.2, 0.25) is 0 Å². The zero-order valence-corrected chi connectivity index (χ0v) is 20.6. The van der Waals surface area contributed by atoms with Crippen LogP contribution in [-0.2, 0) is 9.47 Å². The standard InChI is InChI=1S/C12H9BrO2S.C12H11NO2S/c2*1-15-12(14)11-9(13)7-10(16-11)8-5-3-2-4-6-8/h2-7H,1H3;2-7H,13H2,1H3.